The number of hydrogen-bond acceptors (Lipinski definition) is 8. The molecule has 8 nitrogen and oxygen atoms in total. The number of anilines is 1. The van der Waals surface area contributed by atoms with Crippen molar-refractivity contribution < 1.29 is 23.7 Å². The molecule has 164 valence electrons. The van der Waals surface area contributed by atoms with Gasteiger partial charge in [-0.2, -0.15) is 0 Å². The van der Waals surface area contributed by atoms with Crippen LogP contribution >= 0.6 is 22.9 Å². The summed E-state index contributed by atoms with van der Waals surface area (Å²) < 4.78 is 21.4. The van der Waals surface area contributed by atoms with Crippen LogP contribution in [0.2, 0.25) is 5.02 Å². The van der Waals surface area contributed by atoms with Gasteiger partial charge in [-0.05, 0) is 24.3 Å². The van der Waals surface area contributed by atoms with Crippen molar-refractivity contribution in [3.8, 4) is 27.8 Å². The van der Waals surface area contributed by atoms with Crippen molar-refractivity contribution >= 4 is 34.0 Å². The molecule has 2 aromatic carbocycles. The molecule has 1 amide bonds. The molecule has 3 rings (SSSR count). The van der Waals surface area contributed by atoms with Crippen LogP contribution in [0.5, 0.6) is 17.2 Å². The lowest BCUT2D eigenvalue weighted by Crippen LogP contribution is -2.34. The number of carbonyl (C=O) groups excluding carboxylic acids is 1. The van der Waals surface area contributed by atoms with E-state index in [4.69, 9.17) is 30.5 Å². The van der Waals surface area contributed by atoms with E-state index in [9.17, 15) is 4.79 Å². The monoisotopic (exact) mass is 463 g/mol. The first-order chi connectivity index (χ1) is 15.0. The second kappa shape index (κ2) is 10.4. The predicted molar refractivity (Wildman–Crippen MR) is 120 cm³/mol. The van der Waals surface area contributed by atoms with Crippen LogP contribution in [0.25, 0.3) is 10.6 Å². The Morgan fingerprint density at radius 2 is 1.71 bits per heavy atom. The van der Waals surface area contributed by atoms with Crippen LogP contribution in [0.1, 0.15) is 10.4 Å². The van der Waals surface area contributed by atoms with Crippen molar-refractivity contribution in [2.75, 3.05) is 46.5 Å². The highest BCUT2D eigenvalue weighted by Crippen LogP contribution is 2.42. The van der Waals surface area contributed by atoms with E-state index in [-0.39, 0.29) is 5.91 Å². The molecule has 3 aromatic rings. The van der Waals surface area contributed by atoms with E-state index in [1.165, 1.54) is 23.3 Å². The normalized spacial score (nSPS) is 10.6. The van der Waals surface area contributed by atoms with E-state index < -0.39 is 0 Å². The fourth-order valence-electron chi connectivity index (χ4n) is 2.89. The lowest BCUT2D eigenvalue weighted by atomic mass is 10.2. The van der Waals surface area contributed by atoms with Crippen molar-refractivity contribution in [3.05, 3.63) is 47.0 Å². The van der Waals surface area contributed by atoms with Crippen LogP contribution in [0.15, 0.2) is 36.4 Å². The molecule has 0 aliphatic carbocycles. The third-order valence-corrected chi connectivity index (χ3v) is 5.75. The summed E-state index contributed by atoms with van der Waals surface area (Å²) in [4.78, 5) is 14.7. The van der Waals surface area contributed by atoms with Gasteiger partial charge in [0, 0.05) is 12.7 Å². The van der Waals surface area contributed by atoms with Gasteiger partial charge in [-0.3, -0.25) is 9.69 Å². The quantitative estimate of drug-likeness (QED) is 0.470. The molecule has 0 fully saturated rings. The molecule has 0 unspecified atom stereocenters. The summed E-state index contributed by atoms with van der Waals surface area (Å²) in [5.41, 5.74) is 1.10. The van der Waals surface area contributed by atoms with Gasteiger partial charge in [-0.1, -0.05) is 35.1 Å². The molecule has 0 spiro atoms. The lowest BCUT2D eigenvalue weighted by molar-refractivity contribution is 0.0976. The third-order valence-electron chi connectivity index (χ3n) is 4.43. The van der Waals surface area contributed by atoms with E-state index in [2.05, 4.69) is 10.2 Å². The Balaban J connectivity index is 1.99. The number of benzene rings is 2. The Kier molecular flexibility index (Phi) is 7.67. The highest BCUT2D eigenvalue weighted by Gasteiger charge is 2.24. The zero-order valence-electron chi connectivity index (χ0n) is 17.5. The average molecular weight is 464 g/mol. The van der Waals surface area contributed by atoms with Crippen molar-refractivity contribution in [1.82, 2.24) is 10.2 Å². The topological polar surface area (TPSA) is 83.0 Å². The fraction of sp³-hybridized carbons (Fsp3) is 0.286. The summed E-state index contributed by atoms with van der Waals surface area (Å²) >= 11 is 7.49. The van der Waals surface area contributed by atoms with Crippen LogP contribution < -0.4 is 19.1 Å². The largest absolute Gasteiger partial charge is 0.493 e. The molecule has 1 aromatic heterocycles. The number of aromatic nitrogens is 2. The van der Waals surface area contributed by atoms with Gasteiger partial charge in [0.1, 0.15) is 5.01 Å². The Morgan fingerprint density at radius 1 is 1.03 bits per heavy atom. The van der Waals surface area contributed by atoms with Crippen LogP contribution in [0, 0.1) is 0 Å². The van der Waals surface area contributed by atoms with Gasteiger partial charge in [-0.15, -0.1) is 10.2 Å². The van der Waals surface area contributed by atoms with Crippen LogP contribution in [-0.4, -0.2) is 57.7 Å². The summed E-state index contributed by atoms with van der Waals surface area (Å²) in [5.74, 6) is 1.19. The second-order valence-electron chi connectivity index (χ2n) is 6.23. The lowest BCUT2D eigenvalue weighted by Gasteiger charge is -2.19. The Morgan fingerprint density at radius 3 is 2.29 bits per heavy atom. The standard InChI is InChI=1S/C21H22ClN3O5S/c1-27-10-9-25(20(26)14-7-5-6-8-15(14)22)21-24-23-19(31-21)13-11-16(28-2)18(30-4)17(12-13)29-3/h5-8,11-12H,9-10H2,1-4H3. The molecule has 0 bridgehead atoms. The minimum Gasteiger partial charge on any atom is -0.493 e. The Labute approximate surface area is 189 Å². The van der Waals surface area contributed by atoms with Gasteiger partial charge in [-0.25, -0.2) is 0 Å². The van der Waals surface area contributed by atoms with Gasteiger partial charge in [0.2, 0.25) is 10.9 Å². The van der Waals surface area contributed by atoms with Crippen molar-refractivity contribution in [2.45, 2.75) is 0 Å². The number of halogens is 1. The summed E-state index contributed by atoms with van der Waals surface area (Å²) in [5, 5.41) is 9.88. The number of amides is 1. The van der Waals surface area contributed by atoms with Gasteiger partial charge < -0.3 is 18.9 Å². The second-order valence-corrected chi connectivity index (χ2v) is 7.60. The van der Waals surface area contributed by atoms with Crippen molar-refractivity contribution in [2.24, 2.45) is 0 Å². The molecule has 0 saturated carbocycles. The summed E-state index contributed by atoms with van der Waals surface area (Å²) in [6.07, 6.45) is 0. The molecular formula is C21H22ClN3O5S. The molecule has 31 heavy (non-hydrogen) atoms. The molecule has 0 radical (unpaired) electrons. The smallest absolute Gasteiger partial charge is 0.261 e. The highest BCUT2D eigenvalue weighted by atomic mass is 35.5. The maximum absolute atomic E-state index is 13.2. The highest BCUT2D eigenvalue weighted by molar-refractivity contribution is 7.18. The number of hydrogen-bond donors (Lipinski definition) is 0. The molecule has 0 atom stereocenters. The number of methoxy groups -OCH3 is 4. The fourth-order valence-corrected chi connectivity index (χ4v) is 3.97. The summed E-state index contributed by atoms with van der Waals surface area (Å²) in [7, 11) is 6.19. The van der Waals surface area contributed by atoms with E-state index >= 15 is 0 Å². The minimum atomic E-state index is -0.282. The van der Waals surface area contributed by atoms with Gasteiger partial charge >= 0.3 is 0 Å². The van der Waals surface area contributed by atoms with E-state index in [0.29, 0.717) is 51.1 Å². The van der Waals surface area contributed by atoms with E-state index in [1.807, 2.05) is 0 Å². The molecule has 0 aliphatic heterocycles. The molecular weight excluding hydrogens is 442 g/mol. The van der Waals surface area contributed by atoms with E-state index in [0.717, 1.165) is 5.56 Å². The molecule has 0 N–H and O–H groups in total. The van der Waals surface area contributed by atoms with Crippen LogP contribution in [-0.2, 0) is 4.74 Å². The first kappa shape index (κ1) is 22.8. The summed E-state index contributed by atoms with van der Waals surface area (Å²) in [6.45, 7) is 0.625. The van der Waals surface area contributed by atoms with Gasteiger partial charge in [0.25, 0.3) is 5.91 Å². The first-order valence-corrected chi connectivity index (χ1v) is 10.4. The van der Waals surface area contributed by atoms with Crippen molar-refractivity contribution in [1.29, 1.82) is 0 Å². The Hall–Kier alpha value is -2.88. The number of carbonyl (C=O) groups is 1. The maximum atomic E-state index is 13.2. The summed E-state index contributed by atoms with van der Waals surface area (Å²) in [6, 6.07) is 10.4. The number of nitrogens with zero attached hydrogens (tertiary/aromatic N) is 3. The first-order valence-electron chi connectivity index (χ1n) is 9.23. The zero-order chi connectivity index (χ0) is 22.4. The van der Waals surface area contributed by atoms with Crippen LogP contribution in [0.3, 0.4) is 0 Å². The number of rotatable bonds is 9. The molecule has 0 saturated heterocycles. The Bertz CT molecular complexity index is 1030. The van der Waals surface area contributed by atoms with Crippen LogP contribution in [0.4, 0.5) is 5.13 Å². The molecule has 1 heterocycles. The minimum absolute atomic E-state index is 0.282. The molecule has 0 aliphatic rings. The SMILES string of the molecule is COCCN(C(=O)c1ccccc1Cl)c1nnc(-c2cc(OC)c(OC)c(OC)c2)s1. The number of ether oxygens (including phenoxy) is 4. The third kappa shape index (κ3) is 4.90. The van der Waals surface area contributed by atoms with Gasteiger partial charge in [0.05, 0.1) is 45.1 Å². The zero-order valence-corrected chi connectivity index (χ0v) is 19.1. The van der Waals surface area contributed by atoms with Crippen molar-refractivity contribution in [3.63, 3.8) is 0 Å². The average Bonchev–Trinajstić information content (AvgIpc) is 3.28. The molecule has 10 heteroatoms. The van der Waals surface area contributed by atoms with E-state index in [1.54, 1.807) is 57.7 Å². The maximum Gasteiger partial charge on any atom is 0.261 e. The predicted octanol–water partition coefficient (Wildman–Crippen LogP) is 4.18. The van der Waals surface area contributed by atoms with Gasteiger partial charge in [0.15, 0.2) is 11.5 Å².